The minimum Gasteiger partial charge on any atom is -0.478 e. The van der Waals surface area contributed by atoms with E-state index < -0.39 is 5.97 Å². The van der Waals surface area contributed by atoms with Gasteiger partial charge in [0.15, 0.2) is 0 Å². The number of carbonyl (C=O) groups is 1. The van der Waals surface area contributed by atoms with Crippen molar-refractivity contribution in [1.29, 1.82) is 0 Å². The van der Waals surface area contributed by atoms with E-state index in [1.165, 1.54) is 18.9 Å². The van der Waals surface area contributed by atoms with Crippen molar-refractivity contribution in [2.24, 2.45) is 5.41 Å². The predicted molar refractivity (Wildman–Crippen MR) is 64.2 cm³/mol. The number of hydrogen-bond acceptors (Lipinski definition) is 2. The van der Waals surface area contributed by atoms with E-state index in [1.54, 1.807) is 12.1 Å². The summed E-state index contributed by atoms with van der Waals surface area (Å²) in [7, 11) is 0. The van der Waals surface area contributed by atoms with Crippen LogP contribution in [0.5, 0.6) is 0 Å². The highest BCUT2D eigenvalue weighted by atomic mass is 35.5. The van der Waals surface area contributed by atoms with Crippen LogP contribution in [0.15, 0.2) is 18.2 Å². The fourth-order valence-electron chi connectivity index (χ4n) is 1.49. The van der Waals surface area contributed by atoms with Gasteiger partial charge in [0.05, 0.1) is 16.3 Å². The van der Waals surface area contributed by atoms with Crippen molar-refractivity contribution in [3.05, 3.63) is 28.8 Å². The second-order valence-electron chi connectivity index (χ2n) is 4.66. The van der Waals surface area contributed by atoms with Crippen LogP contribution in [0.2, 0.25) is 5.02 Å². The smallest absolute Gasteiger partial charge is 0.335 e. The number of hydrogen-bond donors (Lipinski definition) is 2. The zero-order valence-electron chi connectivity index (χ0n) is 9.09. The van der Waals surface area contributed by atoms with Crippen molar-refractivity contribution >= 4 is 23.3 Å². The van der Waals surface area contributed by atoms with Crippen molar-refractivity contribution in [1.82, 2.24) is 0 Å². The van der Waals surface area contributed by atoms with E-state index in [0.29, 0.717) is 10.4 Å². The van der Waals surface area contributed by atoms with Gasteiger partial charge in [-0.3, -0.25) is 0 Å². The molecule has 0 radical (unpaired) electrons. The van der Waals surface area contributed by atoms with Gasteiger partial charge in [0.2, 0.25) is 0 Å². The molecule has 1 aromatic rings. The van der Waals surface area contributed by atoms with E-state index in [2.05, 4.69) is 12.2 Å². The van der Waals surface area contributed by atoms with Gasteiger partial charge in [-0.15, -0.1) is 0 Å². The molecule has 1 aliphatic carbocycles. The third-order valence-electron chi connectivity index (χ3n) is 3.03. The second-order valence-corrected chi connectivity index (χ2v) is 5.07. The summed E-state index contributed by atoms with van der Waals surface area (Å²) in [6.07, 6.45) is 2.48. The standard InChI is InChI=1S/C12H14ClNO2/c1-12(4-5-12)7-14-10-3-2-8(11(15)16)6-9(10)13/h2-3,6,14H,4-5,7H2,1H3,(H,15,16). The van der Waals surface area contributed by atoms with Gasteiger partial charge in [-0.25, -0.2) is 4.79 Å². The molecule has 0 heterocycles. The number of halogens is 1. The van der Waals surface area contributed by atoms with Crippen molar-refractivity contribution < 1.29 is 9.90 Å². The first kappa shape index (κ1) is 11.3. The number of nitrogens with one attached hydrogen (secondary N) is 1. The van der Waals surface area contributed by atoms with Crippen LogP contribution in [0.4, 0.5) is 5.69 Å². The number of aromatic carboxylic acids is 1. The van der Waals surface area contributed by atoms with Gasteiger partial charge in [-0.2, -0.15) is 0 Å². The van der Waals surface area contributed by atoms with Gasteiger partial charge in [-0.1, -0.05) is 18.5 Å². The molecular formula is C12H14ClNO2. The summed E-state index contributed by atoms with van der Waals surface area (Å²) in [4.78, 5) is 10.7. The lowest BCUT2D eigenvalue weighted by Gasteiger charge is -2.12. The highest BCUT2D eigenvalue weighted by Crippen LogP contribution is 2.45. The van der Waals surface area contributed by atoms with Crippen LogP contribution >= 0.6 is 11.6 Å². The van der Waals surface area contributed by atoms with Gasteiger partial charge in [0, 0.05) is 6.54 Å². The molecular weight excluding hydrogens is 226 g/mol. The summed E-state index contributed by atoms with van der Waals surface area (Å²) < 4.78 is 0. The predicted octanol–water partition coefficient (Wildman–Crippen LogP) is 3.25. The molecule has 1 aromatic carbocycles. The second kappa shape index (κ2) is 3.98. The summed E-state index contributed by atoms with van der Waals surface area (Å²) in [5, 5.41) is 12.5. The molecule has 86 valence electrons. The molecule has 4 heteroatoms. The lowest BCUT2D eigenvalue weighted by molar-refractivity contribution is 0.0697. The van der Waals surface area contributed by atoms with Crippen LogP contribution in [0.25, 0.3) is 0 Å². The summed E-state index contributed by atoms with van der Waals surface area (Å²) in [5.41, 5.74) is 1.42. The Morgan fingerprint density at radius 3 is 2.75 bits per heavy atom. The largest absolute Gasteiger partial charge is 0.478 e. The first-order valence-electron chi connectivity index (χ1n) is 5.27. The van der Waals surface area contributed by atoms with E-state index in [4.69, 9.17) is 16.7 Å². The molecule has 0 amide bonds. The van der Waals surface area contributed by atoms with Crippen molar-refractivity contribution in [2.75, 3.05) is 11.9 Å². The zero-order chi connectivity index (χ0) is 11.8. The van der Waals surface area contributed by atoms with Crippen molar-refractivity contribution in [3.63, 3.8) is 0 Å². The minimum absolute atomic E-state index is 0.216. The molecule has 0 aromatic heterocycles. The summed E-state index contributed by atoms with van der Waals surface area (Å²) in [6, 6.07) is 4.75. The molecule has 0 saturated heterocycles. The quantitative estimate of drug-likeness (QED) is 0.848. The number of benzene rings is 1. The van der Waals surface area contributed by atoms with Crippen LogP contribution in [0.3, 0.4) is 0 Å². The van der Waals surface area contributed by atoms with E-state index in [0.717, 1.165) is 12.2 Å². The van der Waals surface area contributed by atoms with E-state index in [9.17, 15) is 4.79 Å². The van der Waals surface area contributed by atoms with E-state index in [1.807, 2.05) is 0 Å². The van der Waals surface area contributed by atoms with Crippen LogP contribution in [-0.2, 0) is 0 Å². The Morgan fingerprint density at radius 1 is 1.56 bits per heavy atom. The number of carboxylic acid groups (broad SMARTS) is 1. The molecule has 0 aliphatic heterocycles. The average Bonchev–Trinajstić information content (AvgIpc) is 2.95. The first-order chi connectivity index (χ1) is 7.50. The van der Waals surface area contributed by atoms with Crippen molar-refractivity contribution in [3.8, 4) is 0 Å². The summed E-state index contributed by atoms with van der Waals surface area (Å²) in [5.74, 6) is -0.956. The maximum atomic E-state index is 10.7. The first-order valence-corrected chi connectivity index (χ1v) is 5.65. The zero-order valence-corrected chi connectivity index (χ0v) is 9.84. The third-order valence-corrected chi connectivity index (χ3v) is 3.34. The lowest BCUT2D eigenvalue weighted by Crippen LogP contribution is -2.12. The van der Waals surface area contributed by atoms with Crippen molar-refractivity contribution in [2.45, 2.75) is 19.8 Å². The van der Waals surface area contributed by atoms with Crippen LogP contribution in [0, 0.1) is 5.41 Å². The molecule has 1 aliphatic rings. The monoisotopic (exact) mass is 239 g/mol. The normalized spacial score (nSPS) is 16.9. The fraction of sp³-hybridized carbons (Fsp3) is 0.417. The lowest BCUT2D eigenvalue weighted by atomic mass is 10.1. The Balaban J connectivity index is 2.07. The average molecular weight is 240 g/mol. The molecule has 0 atom stereocenters. The maximum Gasteiger partial charge on any atom is 0.335 e. The van der Waals surface area contributed by atoms with Gasteiger partial charge >= 0.3 is 5.97 Å². The molecule has 16 heavy (non-hydrogen) atoms. The number of anilines is 1. The highest BCUT2D eigenvalue weighted by molar-refractivity contribution is 6.33. The molecule has 3 nitrogen and oxygen atoms in total. The molecule has 2 N–H and O–H groups in total. The summed E-state index contributed by atoms with van der Waals surface area (Å²) >= 11 is 6.00. The summed E-state index contributed by atoms with van der Waals surface area (Å²) in [6.45, 7) is 3.11. The number of rotatable bonds is 4. The maximum absolute atomic E-state index is 10.7. The molecule has 0 bridgehead atoms. The van der Waals surface area contributed by atoms with Gasteiger partial charge in [0.1, 0.15) is 0 Å². The Hall–Kier alpha value is -1.22. The van der Waals surface area contributed by atoms with Crippen LogP contribution < -0.4 is 5.32 Å². The molecule has 1 fully saturated rings. The fourth-order valence-corrected chi connectivity index (χ4v) is 1.74. The van der Waals surface area contributed by atoms with Gasteiger partial charge < -0.3 is 10.4 Å². The van der Waals surface area contributed by atoms with Gasteiger partial charge in [0.25, 0.3) is 0 Å². The van der Waals surface area contributed by atoms with Crippen LogP contribution in [-0.4, -0.2) is 17.6 Å². The molecule has 1 saturated carbocycles. The highest BCUT2D eigenvalue weighted by Gasteiger charge is 2.36. The number of carboxylic acids is 1. The Kier molecular flexibility index (Phi) is 2.80. The molecule has 0 unspecified atom stereocenters. The van der Waals surface area contributed by atoms with E-state index in [-0.39, 0.29) is 5.56 Å². The Morgan fingerprint density at radius 2 is 2.25 bits per heavy atom. The topological polar surface area (TPSA) is 49.3 Å². The SMILES string of the molecule is CC1(CNc2ccc(C(=O)O)cc2Cl)CC1. The Labute approximate surface area is 99.4 Å². The van der Waals surface area contributed by atoms with Crippen LogP contribution in [0.1, 0.15) is 30.1 Å². The van der Waals surface area contributed by atoms with Gasteiger partial charge in [-0.05, 0) is 36.5 Å². The molecule has 0 spiro atoms. The van der Waals surface area contributed by atoms with E-state index >= 15 is 0 Å². The third kappa shape index (κ3) is 2.47. The minimum atomic E-state index is -0.956. The Bertz CT molecular complexity index is 427. The molecule has 2 rings (SSSR count).